The molecule has 2 amide bonds. The first-order valence-electron chi connectivity index (χ1n) is 2.73. The third kappa shape index (κ3) is 1.26. The van der Waals surface area contributed by atoms with Crippen molar-refractivity contribution >= 4 is 6.03 Å². The SMILES string of the molecule is NNC(=O)N1C=CNC=C1. The summed E-state index contributed by atoms with van der Waals surface area (Å²) in [6.07, 6.45) is 6.36. The van der Waals surface area contributed by atoms with Crippen LogP contribution in [0.2, 0.25) is 0 Å². The van der Waals surface area contributed by atoms with E-state index in [1.165, 1.54) is 4.90 Å². The molecule has 0 radical (unpaired) electrons. The largest absolute Gasteiger partial charge is 0.365 e. The van der Waals surface area contributed by atoms with Crippen LogP contribution < -0.4 is 16.6 Å². The van der Waals surface area contributed by atoms with Gasteiger partial charge in [-0.2, -0.15) is 0 Å². The number of rotatable bonds is 0. The summed E-state index contributed by atoms with van der Waals surface area (Å²) in [7, 11) is 0. The molecule has 0 aromatic carbocycles. The third-order valence-electron chi connectivity index (χ3n) is 1.02. The molecule has 4 N–H and O–H groups in total. The van der Waals surface area contributed by atoms with E-state index >= 15 is 0 Å². The minimum absolute atomic E-state index is 0.367. The van der Waals surface area contributed by atoms with Crippen LogP contribution in [0.3, 0.4) is 0 Å². The van der Waals surface area contributed by atoms with Crippen LogP contribution in [0.4, 0.5) is 4.79 Å². The van der Waals surface area contributed by atoms with Crippen molar-refractivity contribution in [1.29, 1.82) is 0 Å². The molecule has 0 aromatic rings. The van der Waals surface area contributed by atoms with Gasteiger partial charge in [-0.25, -0.2) is 10.6 Å². The highest BCUT2D eigenvalue weighted by atomic mass is 16.2. The maximum Gasteiger partial charge on any atom is 0.339 e. The smallest absolute Gasteiger partial charge is 0.339 e. The van der Waals surface area contributed by atoms with Crippen molar-refractivity contribution in [3.63, 3.8) is 0 Å². The Balaban J connectivity index is 2.55. The number of hydrogen-bond donors (Lipinski definition) is 3. The predicted octanol–water partition coefficient (Wildman–Crippen LogP) is -0.583. The number of hydrazine groups is 1. The second-order valence-corrected chi connectivity index (χ2v) is 1.65. The summed E-state index contributed by atoms with van der Waals surface area (Å²) in [4.78, 5) is 12.0. The number of nitrogens with zero attached hydrogens (tertiary/aromatic N) is 1. The van der Waals surface area contributed by atoms with E-state index < -0.39 is 0 Å². The predicted molar refractivity (Wildman–Crippen MR) is 36.0 cm³/mol. The van der Waals surface area contributed by atoms with Crippen LogP contribution >= 0.6 is 0 Å². The van der Waals surface area contributed by atoms with Gasteiger partial charge in [0, 0.05) is 24.8 Å². The summed E-state index contributed by atoms with van der Waals surface area (Å²) in [6.45, 7) is 0. The van der Waals surface area contributed by atoms with Crippen molar-refractivity contribution in [2.75, 3.05) is 0 Å². The number of carbonyl (C=O) groups is 1. The molecule has 1 rings (SSSR count). The summed E-state index contributed by atoms with van der Waals surface area (Å²) < 4.78 is 0. The van der Waals surface area contributed by atoms with Gasteiger partial charge in [0.15, 0.2) is 0 Å². The van der Waals surface area contributed by atoms with Crippen molar-refractivity contribution < 1.29 is 4.79 Å². The quantitative estimate of drug-likeness (QED) is 0.239. The van der Waals surface area contributed by atoms with Crippen LogP contribution in [-0.4, -0.2) is 10.9 Å². The highest BCUT2D eigenvalue weighted by Crippen LogP contribution is 1.94. The fourth-order valence-corrected chi connectivity index (χ4v) is 0.562. The average Bonchev–Trinajstić information content (AvgIpc) is 2.05. The molecule has 1 aliphatic rings. The van der Waals surface area contributed by atoms with E-state index in [4.69, 9.17) is 5.84 Å². The van der Waals surface area contributed by atoms with E-state index in [1.54, 1.807) is 24.8 Å². The lowest BCUT2D eigenvalue weighted by Gasteiger charge is -2.14. The molecule has 0 atom stereocenters. The van der Waals surface area contributed by atoms with E-state index in [9.17, 15) is 4.79 Å². The number of hydrogen-bond acceptors (Lipinski definition) is 3. The fraction of sp³-hybridized carbons (Fsp3) is 0. The van der Waals surface area contributed by atoms with Crippen molar-refractivity contribution in [3.05, 3.63) is 24.8 Å². The van der Waals surface area contributed by atoms with Crippen molar-refractivity contribution in [2.45, 2.75) is 0 Å². The molecular weight excluding hydrogens is 132 g/mol. The van der Waals surface area contributed by atoms with Crippen molar-refractivity contribution in [3.8, 4) is 0 Å². The minimum atomic E-state index is -0.367. The third-order valence-corrected chi connectivity index (χ3v) is 1.02. The Kier molecular flexibility index (Phi) is 1.91. The summed E-state index contributed by atoms with van der Waals surface area (Å²) in [5.41, 5.74) is 1.99. The Hall–Kier alpha value is -1.49. The number of carbonyl (C=O) groups excluding carboxylic acids is 1. The van der Waals surface area contributed by atoms with Gasteiger partial charge in [0.2, 0.25) is 0 Å². The number of amides is 2. The lowest BCUT2D eigenvalue weighted by atomic mass is 10.6. The highest BCUT2D eigenvalue weighted by molar-refractivity contribution is 5.75. The van der Waals surface area contributed by atoms with Crippen LogP contribution in [0.1, 0.15) is 0 Å². The monoisotopic (exact) mass is 140 g/mol. The van der Waals surface area contributed by atoms with Crippen LogP contribution in [0.5, 0.6) is 0 Å². The van der Waals surface area contributed by atoms with Gasteiger partial charge in [-0.15, -0.1) is 0 Å². The van der Waals surface area contributed by atoms with Crippen molar-refractivity contribution in [1.82, 2.24) is 15.6 Å². The highest BCUT2D eigenvalue weighted by Gasteiger charge is 2.04. The number of urea groups is 1. The maximum atomic E-state index is 10.7. The van der Waals surface area contributed by atoms with E-state index in [0.717, 1.165) is 0 Å². The van der Waals surface area contributed by atoms with Gasteiger partial charge in [0.25, 0.3) is 0 Å². The molecule has 0 saturated heterocycles. The van der Waals surface area contributed by atoms with E-state index in [1.807, 2.05) is 5.43 Å². The molecule has 0 aromatic heterocycles. The van der Waals surface area contributed by atoms with Gasteiger partial charge in [-0.1, -0.05) is 0 Å². The van der Waals surface area contributed by atoms with Gasteiger partial charge in [-0.05, 0) is 0 Å². The second-order valence-electron chi connectivity index (χ2n) is 1.65. The van der Waals surface area contributed by atoms with E-state index in [2.05, 4.69) is 5.32 Å². The van der Waals surface area contributed by atoms with Crippen LogP contribution in [-0.2, 0) is 0 Å². The molecule has 5 nitrogen and oxygen atoms in total. The zero-order chi connectivity index (χ0) is 7.40. The molecule has 1 aliphatic heterocycles. The van der Waals surface area contributed by atoms with Crippen LogP contribution in [0, 0.1) is 0 Å². The van der Waals surface area contributed by atoms with E-state index in [0.29, 0.717) is 0 Å². The van der Waals surface area contributed by atoms with Crippen molar-refractivity contribution in [2.24, 2.45) is 5.84 Å². The topological polar surface area (TPSA) is 70.4 Å². The molecule has 0 aliphatic carbocycles. The van der Waals surface area contributed by atoms with Crippen LogP contribution in [0.15, 0.2) is 24.8 Å². The molecule has 1 heterocycles. The molecule has 54 valence electrons. The van der Waals surface area contributed by atoms with Gasteiger partial charge in [0.1, 0.15) is 0 Å². The Morgan fingerprint density at radius 1 is 1.50 bits per heavy atom. The Morgan fingerprint density at radius 2 is 2.10 bits per heavy atom. The molecule has 0 bridgehead atoms. The summed E-state index contributed by atoms with van der Waals surface area (Å²) in [6, 6.07) is -0.367. The fourth-order valence-electron chi connectivity index (χ4n) is 0.562. The van der Waals surface area contributed by atoms with Gasteiger partial charge in [0.05, 0.1) is 0 Å². The van der Waals surface area contributed by atoms with Crippen LogP contribution in [0.25, 0.3) is 0 Å². The zero-order valence-corrected chi connectivity index (χ0v) is 5.24. The molecule has 0 unspecified atom stereocenters. The molecule has 10 heavy (non-hydrogen) atoms. The Morgan fingerprint density at radius 3 is 2.60 bits per heavy atom. The first-order chi connectivity index (χ1) is 4.84. The molecular formula is C5H8N4O. The number of nitrogens with two attached hydrogens (primary N) is 1. The van der Waals surface area contributed by atoms with Gasteiger partial charge < -0.3 is 5.32 Å². The maximum absolute atomic E-state index is 10.7. The average molecular weight is 140 g/mol. The zero-order valence-electron chi connectivity index (χ0n) is 5.24. The first-order valence-corrected chi connectivity index (χ1v) is 2.73. The lowest BCUT2D eigenvalue weighted by molar-refractivity contribution is 0.226. The Labute approximate surface area is 58.1 Å². The summed E-state index contributed by atoms with van der Waals surface area (Å²) in [5, 5.41) is 2.77. The summed E-state index contributed by atoms with van der Waals surface area (Å²) in [5.74, 6) is 4.87. The molecule has 0 spiro atoms. The summed E-state index contributed by atoms with van der Waals surface area (Å²) >= 11 is 0. The first kappa shape index (κ1) is 6.63. The van der Waals surface area contributed by atoms with Gasteiger partial charge >= 0.3 is 6.03 Å². The minimum Gasteiger partial charge on any atom is -0.365 e. The standard InChI is InChI=1S/C5H8N4O/c6-8-5(10)9-3-1-7-2-4-9/h1-4,7H,6H2,(H,8,10). The lowest BCUT2D eigenvalue weighted by Crippen LogP contribution is -2.38. The molecule has 0 saturated carbocycles. The Bertz CT molecular complexity index is 174. The second kappa shape index (κ2) is 2.88. The molecule has 0 fully saturated rings. The van der Waals surface area contributed by atoms with Gasteiger partial charge in [-0.3, -0.25) is 10.3 Å². The van der Waals surface area contributed by atoms with E-state index in [-0.39, 0.29) is 6.03 Å². The molecule has 5 heteroatoms. The number of nitrogens with one attached hydrogen (secondary N) is 2. The normalized spacial score (nSPS) is 14.7.